The maximum absolute atomic E-state index is 12.8. The molecule has 0 saturated heterocycles. The largest absolute Gasteiger partial charge is 0.472 e. The van der Waals surface area contributed by atoms with Gasteiger partial charge in [-0.3, -0.25) is 13.8 Å². The molecule has 0 heterocycles. The molecule has 0 radical (unpaired) electrons. The molecular formula is C53H103NO7P+. The maximum Gasteiger partial charge on any atom is 0.472 e. The van der Waals surface area contributed by atoms with Crippen molar-refractivity contribution in [3.05, 3.63) is 36.5 Å². The molecule has 0 fully saturated rings. The summed E-state index contributed by atoms with van der Waals surface area (Å²) in [6, 6.07) is 0. The van der Waals surface area contributed by atoms with Crippen LogP contribution >= 0.6 is 7.82 Å². The lowest BCUT2D eigenvalue weighted by Crippen LogP contribution is -2.37. The van der Waals surface area contributed by atoms with Crippen molar-refractivity contribution in [3.63, 3.8) is 0 Å². The van der Waals surface area contributed by atoms with Crippen molar-refractivity contribution in [2.45, 2.75) is 245 Å². The number of quaternary nitrogens is 1. The van der Waals surface area contributed by atoms with Gasteiger partial charge in [0.05, 0.1) is 34.4 Å². The summed E-state index contributed by atoms with van der Waals surface area (Å²) in [5.41, 5.74) is 0. The molecule has 0 saturated carbocycles. The van der Waals surface area contributed by atoms with Crippen LogP contribution in [0, 0.1) is 0 Å². The topological polar surface area (TPSA) is 91.3 Å². The number of unbranched alkanes of at least 4 members (excludes halogenated alkanes) is 29. The van der Waals surface area contributed by atoms with Gasteiger partial charge in [0.15, 0.2) is 0 Å². The molecule has 2 atom stereocenters. The number of phosphoric ester groups is 1. The van der Waals surface area contributed by atoms with E-state index in [0.29, 0.717) is 24.1 Å². The Morgan fingerprint density at radius 1 is 0.500 bits per heavy atom. The smallest absolute Gasteiger partial charge is 0.457 e. The van der Waals surface area contributed by atoms with Gasteiger partial charge in [-0.25, -0.2) is 4.57 Å². The van der Waals surface area contributed by atoms with E-state index < -0.39 is 13.9 Å². The Labute approximate surface area is 385 Å². The first-order valence-electron chi connectivity index (χ1n) is 26.2. The summed E-state index contributed by atoms with van der Waals surface area (Å²) in [7, 11) is 1.67. The highest BCUT2D eigenvalue weighted by atomic mass is 31.2. The molecule has 0 aliphatic carbocycles. The molecule has 0 rings (SSSR count). The van der Waals surface area contributed by atoms with E-state index in [2.05, 4.69) is 50.3 Å². The highest BCUT2D eigenvalue weighted by Crippen LogP contribution is 2.43. The maximum atomic E-state index is 12.8. The number of ether oxygens (including phenoxy) is 2. The van der Waals surface area contributed by atoms with Gasteiger partial charge in [0.25, 0.3) is 0 Å². The summed E-state index contributed by atoms with van der Waals surface area (Å²) >= 11 is 0. The Balaban J connectivity index is 4.07. The number of nitrogens with zero attached hydrogens (tertiary/aromatic N) is 1. The van der Waals surface area contributed by atoms with Crippen LogP contribution in [0.1, 0.15) is 239 Å². The molecule has 0 aromatic heterocycles. The number of esters is 1. The number of hydrogen-bond acceptors (Lipinski definition) is 6. The normalized spacial score (nSPS) is 13.8. The Hall–Kier alpha value is -1.28. The van der Waals surface area contributed by atoms with Gasteiger partial charge in [-0.1, -0.05) is 204 Å². The second kappa shape index (κ2) is 46.3. The Morgan fingerprint density at radius 2 is 0.903 bits per heavy atom. The van der Waals surface area contributed by atoms with Crippen LogP contribution in [-0.4, -0.2) is 75.6 Å². The highest BCUT2D eigenvalue weighted by molar-refractivity contribution is 7.47. The van der Waals surface area contributed by atoms with Crippen LogP contribution in [0.15, 0.2) is 36.5 Å². The van der Waals surface area contributed by atoms with Crippen molar-refractivity contribution < 1.29 is 37.3 Å². The lowest BCUT2D eigenvalue weighted by atomic mass is 10.0. The van der Waals surface area contributed by atoms with Crippen LogP contribution in [0.2, 0.25) is 0 Å². The highest BCUT2D eigenvalue weighted by Gasteiger charge is 2.26. The number of allylic oxidation sites excluding steroid dienone is 6. The van der Waals surface area contributed by atoms with Gasteiger partial charge in [-0.15, -0.1) is 0 Å². The van der Waals surface area contributed by atoms with Crippen LogP contribution in [0.3, 0.4) is 0 Å². The number of hydrogen-bond donors (Lipinski definition) is 1. The predicted molar refractivity (Wildman–Crippen MR) is 266 cm³/mol. The van der Waals surface area contributed by atoms with Gasteiger partial charge >= 0.3 is 13.8 Å². The molecule has 0 amide bonds. The fraction of sp³-hybridized carbons (Fsp3) is 0.868. The van der Waals surface area contributed by atoms with E-state index in [4.69, 9.17) is 18.5 Å². The lowest BCUT2D eigenvalue weighted by molar-refractivity contribution is -0.870. The summed E-state index contributed by atoms with van der Waals surface area (Å²) in [6.07, 6.45) is 56.2. The quantitative estimate of drug-likeness (QED) is 0.0214. The first-order chi connectivity index (χ1) is 30.1. The standard InChI is InChI=1S/C53H102NO7P/c1-6-8-10-12-14-16-18-20-22-23-24-25-26-27-28-29-30-31-32-34-36-38-40-42-44-46-53(55)61-52(51-60-62(56,57)59-49-47-54(3,4)5)50-58-48-45-43-41-39-37-35-33-21-19-17-15-13-11-9-7-2/h13,15,19,21,23-24,52H,6-12,14,16-18,20,22,25-51H2,1-5H3/p+1/b15-13-,21-19-,24-23-. The van der Waals surface area contributed by atoms with E-state index in [0.717, 1.165) is 44.9 Å². The summed E-state index contributed by atoms with van der Waals surface area (Å²) in [5.74, 6) is -0.315. The fourth-order valence-corrected chi connectivity index (χ4v) is 8.07. The number of carbonyl (C=O) groups is 1. The third-order valence-corrected chi connectivity index (χ3v) is 12.4. The van der Waals surface area contributed by atoms with E-state index >= 15 is 0 Å². The van der Waals surface area contributed by atoms with Crippen molar-refractivity contribution in [1.29, 1.82) is 0 Å². The van der Waals surface area contributed by atoms with E-state index in [-0.39, 0.29) is 25.8 Å². The average molecular weight is 897 g/mol. The van der Waals surface area contributed by atoms with E-state index in [1.165, 1.54) is 173 Å². The molecular weight excluding hydrogens is 794 g/mol. The SMILES string of the molecule is CCCC/C=C\C/C=C\CCCCCCCCOCC(COP(=O)(O)OCC[N+](C)(C)C)OC(=O)CCCCCCCCCCCCCCC/C=C\CCCCCCCCCC. The van der Waals surface area contributed by atoms with Crippen LogP contribution in [0.4, 0.5) is 0 Å². The third-order valence-electron chi connectivity index (χ3n) is 11.4. The van der Waals surface area contributed by atoms with Crippen LogP contribution in [0.5, 0.6) is 0 Å². The van der Waals surface area contributed by atoms with Crippen molar-refractivity contribution in [3.8, 4) is 0 Å². The Morgan fingerprint density at radius 3 is 1.37 bits per heavy atom. The zero-order valence-electron chi connectivity index (χ0n) is 41.6. The summed E-state index contributed by atoms with van der Waals surface area (Å²) < 4.78 is 35.1. The molecule has 9 heteroatoms. The second-order valence-corrected chi connectivity index (χ2v) is 20.4. The molecule has 2 unspecified atom stereocenters. The first kappa shape index (κ1) is 60.7. The zero-order valence-corrected chi connectivity index (χ0v) is 42.5. The number of phosphoric acid groups is 1. The molecule has 0 aromatic rings. The Kier molecular flexibility index (Phi) is 45.3. The molecule has 0 aromatic carbocycles. The summed E-state index contributed by atoms with van der Waals surface area (Å²) in [6.45, 7) is 5.59. The summed E-state index contributed by atoms with van der Waals surface area (Å²) in [4.78, 5) is 23.0. The third kappa shape index (κ3) is 49.7. The van der Waals surface area contributed by atoms with E-state index in [9.17, 15) is 14.3 Å². The van der Waals surface area contributed by atoms with Gasteiger partial charge in [0.1, 0.15) is 19.3 Å². The molecule has 0 spiro atoms. The molecule has 8 nitrogen and oxygen atoms in total. The van der Waals surface area contributed by atoms with Crippen molar-refractivity contribution in [2.24, 2.45) is 0 Å². The zero-order chi connectivity index (χ0) is 45.5. The molecule has 0 aliphatic heterocycles. The van der Waals surface area contributed by atoms with Crippen LogP contribution in [-0.2, 0) is 27.9 Å². The monoisotopic (exact) mass is 897 g/mol. The van der Waals surface area contributed by atoms with Gasteiger partial charge in [0, 0.05) is 13.0 Å². The molecule has 0 aliphatic rings. The fourth-order valence-electron chi connectivity index (χ4n) is 7.33. The van der Waals surface area contributed by atoms with E-state index in [1.54, 1.807) is 0 Å². The lowest BCUT2D eigenvalue weighted by Gasteiger charge is -2.24. The molecule has 0 bridgehead atoms. The molecule has 1 N–H and O–H groups in total. The number of rotatable bonds is 49. The van der Waals surface area contributed by atoms with Crippen molar-refractivity contribution in [1.82, 2.24) is 0 Å². The van der Waals surface area contributed by atoms with Gasteiger partial charge in [-0.05, 0) is 64.2 Å². The number of carbonyl (C=O) groups excluding carboxylic acids is 1. The Bertz CT molecular complexity index is 1090. The van der Waals surface area contributed by atoms with Crippen LogP contribution in [0.25, 0.3) is 0 Å². The van der Waals surface area contributed by atoms with Crippen LogP contribution < -0.4 is 0 Å². The molecule has 366 valence electrons. The minimum absolute atomic E-state index is 0.0869. The average Bonchev–Trinajstić information content (AvgIpc) is 3.23. The second-order valence-electron chi connectivity index (χ2n) is 18.9. The van der Waals surface area contributed by atoms with Gasteiger partial charge in [-0.2, -0.15) is 0 Å². The van der Waals surface area contributed by atoms with Crippen molar-refractivity contribution in [2.75, 3.05) is 54.1 Å². The molecule has 62 heavy (non-hydrogen) atoms. The van der Waals surface area contributed by atoms with E-state index in [1.807, 2.05) is 21.1 Å². The van der Waals surface area contributed by atoms with Gasteiger partial charge < -0.3 is 18.9 Å². The van der Waals surface area contributed by atoms with Gasteiger partial charge in [0.2, 0.25) is 0 Å². The minimum atomic E-state index is -4.28. The van der Waals surface area contributed by atoms with Crippen molar-refractivity contribution >= 4 is 13.8 Å². The minimum Gasteiger partial charge on any atom is -0.457 e. The summed E-state index contributed by atoms with van der Waals surface area (Å²) in [5, 5.41) is 0. The first-order valence-corrected chi connectivity index (χ1v) is 27.7. The predicted octanol–water partition coefficient (Wildman–Crippen LogP) is 16.1. The number of likely N-dealkylation sites (N-methyl/N-ethyl adjacent to an activating group) is 1.